The molecule has 0 saturated carbocycles. The van der Waals surface area contributed by atoms with Crippen molar-refractivity contribution in [3.8, 4) is 12.8 Å². The van der Waals surface area contributed by atoms with Crippen LogP contribution in [0.2, 0.25) is 0 Å². The molecule has 1 aliphatic heterocycles. The molecule has 4 unspecified atom stereocenters. The van der Waals surface area contributed by atoms with Crippen LogP contribution < -0.4 is 15.9 Å². The van der Waals surface area contributed by atoms with E-state index < -0.39 is 17.1 Å². The summed E-state index contributed by atoms with van der Waals surface area (Å²) in [7, 11) is 4.11. The zero-order valence-electron chi connectivity index (χ0n) is 29.3. The molecule has 0 bridgehead atoms. The maximum atomic E-state index is 13.8. The van der Waals surface area contributed by atoms with Crippen LogP contribution in [0.15, 0.2) is 12.4 Å². The number of hydrogen-bond acceptors (Lipinski definition) is 5. The summed E-state index contributed by atoms with van der Waals surface area (Å²) in [5.41, 5.74) is -2.33. The van der Waals surface area contributed by atoms with Crippen LogP contribution in [0.5, 0.6) is 0 Å². The van der Waals surface area contributed by atoms with Crippen LogP contribution in [-0.4, -0.2) is 49.5 Å². The van der Waals surface area contributed by atoms with Gasteiger partial charge in [-0.15, -0.1) is 22.1 Å². The van der Waals surface area contributed by atoms with Crippen LogP contribution in [0.3, 0.4) is 0 Å². The number of piperidine rings is 1. The fraction of sp³-hybridized carbons (Fsp3) is 0.656. The van der Waals surface area contributed by atoms with E-state index in [0.717, 1.165) is 19.4 Å². The van der Waals surface area contributed by atoms with E-state index in [2.05, 4.69) is 54.7 Å². The number of terminal acetylenes is 1. The molecule has 3 rings (SSSR count). The molecule has 0 spiro atoms. The maximum Gasteiger partial charge on any atom is 0.270 e. The summed E-state index contributed by atoms with van der Waals surface area (Å²) < 4.78 is 29.3. The van der Waals surface area contributed by atoms with Gasteiger partial charge in [0.1, 0.15) is 11.5 Å². The Kier molecular flexibility index (Phi) is 25.5. The van der Waals surface area contributed by atoms with Gasteiger partial charge in [-0.2, -0.15) is 5.10 Å². The van der Waals surface area contributed by atoms with Gasteiger partial charge in [0, 0.05) is 35.9 Å². The van der Waals surface area contributed by atoms with E-state index in [1.807, 2.05) is 34.6 Å². The van der Waals surface area contributed by atoms with Crippen molar-refractivity contribution in [2.75, 3.05) is 6.54 Å². The number of carbonyl (C=O) groups excluding carboxylic acids is 2. The molecule has 3 heterocycles. The molecule has 4 N–H and O–H groups in total. The molecule has 9 nitrogen and oxygen atoms in total. The fourth-order valence-electron chi connectivity index (χ4n) is 3.56. The second-order valence-corrected chi connectivity index (χ2v) is 12.1. The summed E-state index contributed by atoms with van der Waals surface area (Å²) in [5, 5.41) is 17.1. The SMILES string of the molecule is C#C.CC.CC.CC(C)=N.CC1CCC(=O)NC1.CCn1ncc(P)c1C(=O)NC(CCC(C)(C)C(F)(F)P)c1cnc(C)[nH]1. The molecule has 0 aromatic carbocycles. The molecule has 0 radical (unpaired) electrons. The smallest absolute Gasteiger partial charge is 0.270 e. The second-order valence-electron chi connectivity index (χ2n) is 10.7. The number of nitrogens with zero attached hydrogens (tertiary/aromatic N) is 3. The normalized spacial score (nSPS) is 14.3. The van der Waals surface area contributed by atoms with Crippen molar-refractivity contribution < 1.29 is 18.4 Å². The average molecular weight is 674 g/mol. The molecule has 2 amide bonds. The Morgan fingerprint density at radius 2 is 1.76 bits per heavy atom. The zero-order valence-corrected chi connectivity index (χ0v) is 31.6. The Balaban J connectivity index is -0.000000804. The number of hydrogen-bond donors (Lipinski definition) is 4. The van der Waals surface area contributed by atoms with Crippen LogP contribution in [-0.2, 0) is 11.3 Å². The molecule has 2 aromatic heterocycles. The number of aryl methyl sites for hydroxylation is 2. The quantitative estimate of drug-likeness (QED) is 0.136. The standard InChI is InChI=1S/C17H27F2N5OP2.C6H11NO.C3H7N.2C2H6.C2H2/c1-5-24-14(13(26)9-21-24)15(25)23-11(12-8-20-10(2)22-12)6-7-16(3,4)17(18,19)27;1-5-2-3-6(8)7-4-5;1-3(2)4;3*1-2/h8-9,11H,5-7,26-27H2,1-4H3,(H,20,22)(H,23,25);5H,2-4H2,1H3,(H,7,8);4H,1-2H3;2*1-2H3;1-2H. The first-order valence-corrected chi connectivity index (χ1v) is 16.6. The number of H-pyrrole nitrogens is 1. The average Bonchev–Trinajstić information content (AvgIpc) is 3.60. The van der Waals surface area contributed by atoms with E-state index in [-0.39, 0.29) is 18.2 Å². The molecular weight excluding hydrogens is 614 g/mol. The van der Waals surface area contributed by atoms with Crippen molar-refractivity contribution in [2.45, 2.75) is 120 Å². The Morgan fingerprint density at radius 3 is 2.13 bits per heavy atom. The molecule has 45 heavy (non-hydrogen) atoms. The number of alkyl halides is 2. The predicted octanol–water partition coefficient (Wildman–Crippen LogP) is 7.06. The molecule has 1 saturated heterocycles. The molecule has 1 aliphatic rings. The number of aromatic amines is 1. The highest BCUT2D eigenvalue weighted by Crippen LogP contribution is 2.45. The lowest BCUT2D eigenvalue weighted by Crippen LogP contribution is -2.35. The Morgan fingerprint density at radius 1 is 1.22 bits per heavy atom. The summed E-state index contributed by atoms with van der Waals surface area (Å²) >= 11 is 0. The van der Waals surface area contributed by atoms with Crippen LogP contribution in [0.25, 0.3) is 0 Å². The van der Waals surface area contributed by atoms with Gasteiger partial charge >= 0.3 is 0 Å². The Labute approximate surface area is 275 Å². The van der Waals surface area contributed by atoms with Crippen LogP contribution >= 0.6 is 18.5 Å². The van der Waals surface area contributed by atoms with Crippen molar-refractivity contribution in [3.63, 3.8) is 0 Å². The number of imidazole rings is 1. The minimum atomic E-state index is -2.90. The Hall–Kier alpha value is -2.69. The van der Waals surface area contributed by atoms with Gasteiger partial charge in [-0.25, -0.2) is 13.8 Å². The van der Waals surface area contributed by atoms with Gasteiger partial charge in [0.05, 0.1) is 24.1 Å². The van der Waals surface area contributed by atoms with Crippen molar-refractivity contribution in [2.24, 2.45) is 11.3 Å². The van der Waals surface area contributed by atoms with Gasteiger partial charge in [-0.1, -0.05) is 57.7 Å². The molecule has 0 aliphatic carbocycles. The summed E-state index contributed by atoms with van der Waals surface area (Å²) in [4.78, 5) is 30.6. The lowest BCUT2D eigenvalue weighted by molar-refractivity contribution is -0.122. The number of nitrogens with one attached hydrogen (secondary N) is 4. The van der Waals surface area contributed by atoms with Gasteiger partial charge in [0.25, 0.3) is 11.6 Å². The van der Waals surface area contributed by atoms with Gasteiger partial charge < -0.3 is 21.0 Å². The van der Waals surface area contributed by atoms with E-state index in [4.69, 9.17) is 5.41 Å². The summed E-state index contributed by atoms with van der Waals surface area (Å²) in [6.07, 6.45) is 13.6. The highest BCUT2D eigenvalue weighted by atomic mass is 31.0. The topological polar surface area (TPSA) is 129 Å². The third-order valence-electron chi connectivity index (χ3n) is 6.26. The fourth-order valence-corrected chi connectivity index (χ4v) is 4.06. The first-order chi connectivity index (χ1) is 21.0. The zero-order chi connectivity index (χ0) is 36.0. The van der Waals surface area contributed by atoms with Crippen molar-refractivity contribution in [1.29, 1.82) is 5.41 Å². The lowest BCUT2D eigenvalue weighted by Gasteiger charge is -2.32. The van der Waals surface area contributed by atoms with E-state index >= 15 is 0 Å². The number of aromatic nitrogens is 4. The molecule has 13 heteroatoms. The van der Waals surface area contributed by atoms with Gasteiger partial charge in [0.2, 0.25) is 5.91 Å². The van der Waals surface area contributed by atoms with Crippen molar-refractivity contribution >= 4 is 41.3 Å². The number of amides is 2. The van der Waals surface area contributed by atoms with E-state index in [0.29, 0.717) is 47.1 Å². The highest BCUT2D eigenvalue weighted by Gasteiger charge is 2.42. The Bertz CT molecular complexity index is 1130. The summed E-state index contributed by atoms with van der Waals surface area (Å²) in [6, 6.07) is -0.463. The van der Waals surface area contributed by atoms with Gasteiger partial charge in [-0.3, -0.25) is 14.3 Å². The van der Waals surface area contributed by atoms with E-state index in [1.165, 1.54) is 13.8 Å². The predicted molar refractivity (Wildman–Crippen MR) is 192 cm³/mol. The van der Waals surface area contributed by atoms with E-state index in [9.17, 15) is 18.4 Å². The third kappa shape index (κ3) is 18.8. The monoisotopic (exact) mass is 673 g/mol. The first kappa shape index (κ1) is 46.7. The molecule has 4 atom stereocenters. The highest BCUT2D eigenvalue weighted by molar-refractivity contribution is 7.27. The largest absolute Gasteiger partial charge is 0.356 e. The molecule has 258 valence electrons. The second kappa shape index (κ2) is 24.5. The third-order valence-corrected chi connectivity index (χ3v) is 7.46. The molecule has 2 aromatic rings. The van der Waals surface area contributed by atoms with Crippen molar-refractivity contribution in [1.82, 2.24) is 30.4 Å². The number of rotatable bonds is 8. The minimum Gasteiger partial charge on any atom is -0.356 e. The van der Waals surface area contributed by atoms with Crippen LogP contribution in [0.1, 0.15) is 123 Å². The van der Waals surface area contributed by atoms with Gasteiger partial charge in [-0.05, 0) is 52.9 Å². The number of carbonyl (C=O) groups is 2. The lowest BCUT2D eigenvalue weighted by atomic mass is 9.86. The van der Waals surface area contributed by atoms with E-state index in [1.54, 1.807) is 47.1 Å². The number of halogens is 2. The minimum absolute atomic E-state index is 0.211. The van der Waals surface area contributed by atoms with Crippen LogP contribution in [0, 0.1) is 36.5 Å². The van der Waals surface area contributed by atoms with Crippen molar-refractivity contribution in [3.05, 3.63) is 29.6 Å². The summed E-state index contributed by atoms with van der Waals surface area (Å²) in [5.74, 6) is 1.30. The maximum absolute atomic E-state index is 13.8. The first-order valence-electron chi connectivity index (χ1n) is 15.4. The molecule has 1 fully saturated rings. The van der Waals surface area contributed by atoms with Crippen LogP contribution in [0.4, 0.5) is 8.78 Å². The summed E-state index contributed by atoms with van der Waals surface area (Å²) in [6.45, 7) is 21.8. The van der Waals surface area contributed by atoms with Gasteiger partial charge in [0.15, 0.2) is 0 Å². The molecular formula is C32H59F2N7O2P2.